The highest BCUT2D eigenvalue weighted by atomic mass is 19.1. The maximum Gasteiger partial charge on any atom is 0.319 e. The molecule has 4 fully saturated rings. The lowest BCUT2D eigenvalue weighted by molar-refractivity contribution is 0.107. The largest absolute Gasteiger partial charge is 0.461 e. The molecule has 0 amide bonds. The van der Waals surface area contributed by atoms with Gasteiger partial charge in [-0.05, 0) is 66.8 Å². The average Bonchev–Trinajstić information content (AvgIpc) is 3.66. The number of pyridine rings is 1. The fraction of sp³-hybridized carbons (Fsp3) is 0.500. The quantitative estimate of drug-likeness (QED) is 0.252. The molecular weight excluding hydrogens is 548 g/mol. The number of methoxy groups -OCH3 is 1. The van der Waals surface area contributed by atoms with Crippen LogP contribution in [0.15, 0.2) is 42.6 Å². The minimum atomic E-state index is -0.851. The topological polar surface area (TPSA) is 63.6 Å². The number of halogens is 2. The number of fused-ring (bicyclic) bond motifs is 5. The molecule has 5 heterocycles. The number of ether oxygens (including phenoxy) is 2. The summed E-state index contributed by atoms with van der Waals surface area (Å²) in [6.07, 6.45) is 6.92. The molecule has 4 atom stereocenters. The fourth-order valence-corrected chi connectivity index (χ4v) is 8.44. The van der Waals surface area contributed by atoms with Crippen LogP contribution in [0, 0.1) is 17.7 Å². The number of piperidine rings is 1. The van der Waals surface area contributed by atoms with E-state index in [4.69, 9.17) is 19.4 Å². The first kappa shape index (κ1) is 27.1. The van der Waals surface area contributed by atoms with Gasteiger partial charge in [-0.3, -0.25) is 9.88 Å². The molecule has 2 bridgehead atoms. The van der Waals surface area contributed by atoms with Crippen LogP contribution in [0.25, 0.3) is 32.9 Å². The van der Waals surface area contributed by atoms with Crippen molar-refractivity contribution in [1.82, 2.24) is 19.9 Å². The van der Waals surface area contributed by atoms with Crippen LogP contribution in [0.2, 0.25) is 0 Å². The SMILES string of the molecule is COCc1cccc2cccc(-c3ncc4c(N5CC6CCC(C6)C5)nc(OCC56CCCN5C[C@H](F)C6)nc4c3F)c12. The molecule has 2 aromatic carbocycles. The molecule has 3 saturated heterocycles. The molecule has 224 valence electrons. The Balaban J connectivity index is 1.25. The van der Waals surface area contributed by atoms with Gasteiger partial charge in [0.2, 0.25) is 0 Å². The summed E-state index contributed by atoms with van der Waals surface area (Å²) in [7, 11) is 1.66. The highest BCUT2D eigenvalue weighted by Crippen LogP contribution is 2.43. The molecule has 4 aromatic rings. The molecule has 3 aliphatic heterocycles. The summed E-state index contributed by atoms with van der Waals surface area (Å²) in [5.41, 5.74) is 1.78. The highest BCUT2D eigenvalue weighted by Gasteiger charge is 2.49. The number of hydrogen-bond acceptors (Lipinski definition) is 7. The lowest BCUT2D eigenvalue weighted by Crippen LogP contribution is -2.43. The molecule has 0 spiro atoms. The van der Waals surface area contributed by atoms with Gasteiger partial charge < -0.3 is 14.4 Å². The van der Waals surface area contributed by atoms with Crippen LogP contribution in [0.4, 0.5) is 14.6 Å². The van der Waals surface area contributed by atoms with Gasteiger partial charge in [-0.1, -0.05) is 36.4 Å². The van der Waals surface area contributed by atoms with Gasteiger partial charge in [0.1, 0.15) is 29.8 Å². The van der Waals surface area contributed by atoms with Gasteiger partial charge in [0, 0.05) is 44.9 Å². The zero-order valence-corrected chi connectivity index (χ0v) is 24.6. The monoisotopic (exact) mass is 585 g/mol. The van der Waals surface area contributed by atoms with Crippen LogP contribution in [0.3, 0.4) is 0 Å². The molecule has 43 heavy (non-hydrogen) atoms. The van der Waals surface area contributed by atoms with Crippen molar-refractivity contribution in [2.45, 2.75) is 56.8 Å². The third-order valence-electron chi connectivity index (χ3n) is 10.3. The van der Waals surface area contributed by atoms with Crippen molar-refractivity contribution >= 4 is 27.5 Å². The van der Waals surface area contributed by atoms with E-state index in [0.29, 0.717) is 54.8 Å². The Bertz CT molecular complexity index is 1680. The molecule has 7 nitrogen and oxygen atoms in total. The Hall–Kier alpha value is -3.43. The van der Waals surface area contributed by atoms with Crippen molar-refractivity contribution in [3.05, 3.63) is 54.0 Å². The van der Waals surface area contributed by atoms with E-state index in [1.54, 1.807) is 13.3 Å². The summed E-state index contributed by atoms with van der Waals surface area (Å²) in [4.78, 5) is 18.8. The van der Waals surface area contributed by atoms with Gasteiger partial charge in [-0.25, -0.2) is 8.78 Å². The van der Waals surface area contributed by atoms with Crippen molar-refractivity contribution in [2.24, 2.45) is 11.8 Å². The maximum absolute atomic E-state index is 16.8. The first-order valence-electron chi connectivity index (χ1n) is 15.6. The molecule has 0 N–H and O–H groups in total. The molecule has 2 aromatic heterocycles. The van der Waals surface area contributed by atoms with E-state index in [0.717, 1.165) is 48.8 Å². The van der Waals surface area contributed by atoms with E-state index in [-0.39, 0.29) is 22.8 Å². The van der Waals surface area contributed by atoms with E-state index in [1.807, 2.05) is 36.4 Å². The number of rotatable bonds is 7. The third-order valence-corrected chi connectivity index (χ3v) is 10.3. The number of alkyl halides is 1. The predicted molar refractivity (Wildman–Crippen MR) is 163 cm³/mol. The normalized spacial score (nSPS) is 27.0. The zero-order valence-electron chi connectivity index (χ0n) is 24.6. The number of anilines is 1. The van der Waals surface area contributed by atoms with Crippen molar-refractivity contribution in [2.75, 3.05) is 44.8 Å². The smallest absolute Gasteiger partial charge is 0.319 e. The predicted octanol–water partition coefficient (Wildman–Crippen LogP) is 6.32. The summed E-state index contributed by atoms with van der Waals surface area (Å²) in [5.74, 6) is 1.43. The van der Waals surface area contributed by atoms with Gasteiger partial charge in [0.15, 0.2) is 5.82 Å². The number of hydrogen-bond donors (Lipinski definition) is 0. The van der Waals surface area contributed by atoms with Crippen molar-refractivity contribution in [3.63, 3.8) is 0 Å². The lowest BCUT2D eigenvalue weighted by atomic mass is 9.95. The molecule has 3 unspecified atom stereocenters. The zero-order chi connectivity index (χ0) is 29.1. The summed E-state index contributed by atoms with van der Waals surface area (Å²) >= 11 is 0. The number of nitrogens with zero attached hydrogens (tertiary/aromatic N) is 5. The van der Waals surface area contributed by atoms with E-state index >= 15 is 4.39 Å². The van der Waals surface area contributed by atoms with Gasteiger partial charge in [0.05, 0.1) is 17.5 Å². The van der Waals surface area contributed by atoms with Crippen LogP contribution in [-0.2, 0) is 11.3 Å². The second kappa shape index (κ2) is 10.6. The molecule has 4 aliphatic rings. The molecule has 1 aliphatic carbocycles. The second-order valence-electron chi connectivity index (χ2n) is 13.1. The van der Waals surface area contributed by atoms with Gasteiger partial charge in [-0.2, -0.15) is 9.97 Å². The van der Waals surface area contributed by atoms with Crippen molar-refractivity contribution in [3.8, 4) is 17.3 Å². The van der Waals surface area contributed by atoms with Crippen LogP contribution in [-0.4, -0.2) is 71.5 Å². The molecule has 1 saturated carbocycles. The Morgan fingerprint density at radius 3 is 2.67 bits per heavy atom. The van der Waals surface area contributed by atoms with Gasteiger partial charge >= 0.3 is 6.01 Å². The van der Waals surface area contributed by atoms with Gasteiger partial charge in [0.25, 0.3) is 0 Å². The van der Waals surface area contributed by atoms with Crippen LogP contribution >= 0.6 is 0 Å². The first-order valence-corrected chi connectivity index (χ1v) is 15.6. The standard InChI is InChI=1S/C34H37F2N5O2/c1-42-19-24-7-2-5-23-6-3-8-26(28(23)24)30-29(36)31-27(15-37-30)32(40-16-21-9-10-22(13-21)17-40)39-33(38-31)43-20-34-11-4-12-41(34)18-25(35)14-34/h2-3,5-8,15,21-22,25H,4,9-14,16-20H2,1H3/t21?,22?,25-,34?/m1/s1. The second-order valence-corrected chi connectivity index (χ2v) is 13.1. The first-order chi connectivity index (χ1) is 21.0. The lowest BCUT2D eigenvalue weighted by Gasteiger charge is -2.34. The Kier molecular flexibility index (Phi) is 6.71. The summed E-state index contributed by atoms with van der Waals surface area (Å²) in [6.45, 7) is 3.80. The van der Waals surface area contributed by atoms with Crippen LogP contribution < -0.4 is 9.64 Å². The van der Waals surface area contributed by atoms with E-state index < -0.39 is 12.0 Å². The average molecular weight is 586 g/mol. The minimum Gasteiger partial charge on any atom is -0.461 e. The van der Waals surface area contributed by atoms with Gasteiger partial charge in [-0.15, -0.1) is 0 Å². The Labute approximate surface area is 250 Å². The van der Waals surface area contributed by atoms with Crippen LogP contribution in [0.1, 0.15) is 44.1 Å². The minimum absolute atomic E-state index is 0.151. The number of benzene rings is 2. The summed E-state index contributed by atoms with van der Waals surface area (Å²) < 4.78 is 43.0. The van der Waals surface area contributed by atoms with E-state index in [2.05, 4.69) is 14.8 Å². The van der Waals surface area contributed by atoms with E-state index in [9.17, 15) is 4.39 Å². The summed E-state index contributed by atoms with van der Waals surface area (Å²) in [6, 6.07) is 12.0. The fourth-order valence-electron chi connectivity index (χ4n) is 8.44. The molecule has 0 radical (unpaired) electrons. The molecular formula is C34H37F2N5O2. The maximum atomic E-state index is 16.8. The third kappa shape index (κ3) is 4.63. The van der Waals surface area contributed by atoms with Crippen LogP contribution in [0.5, 0.6) is 6.01 Å². The van der Waals surface area contributed by atoms with Crippen molar-refractivity contribution < 1.29 is 18.3 Å². The Morgan fingerprint density at radius 1 is 1.05 bits per heavy atom. The summed E-state index contributed by atoms with van der Waals surface area (Å²) in [5, 5.41) is 2.50. The van der Waals surface area contributed by atoms with Crippen molar-refractivity contribution in [1.29, 1.82) is 0 Å². The highest BCUT2D eigenvalue weighted by molar-refractivity contribution is 6.00. The molecule has 8 rings (SSSR count). The van der Waals surface area contributed by atoms with E-state index in [1.165, 1.54) is 19.3 Å². The molecule has 9 heteroatoms. The number of aromatic nitrogens is 3. The Morgan fingerprint density at radius 2 is 1.86 bits per heavy atom.